The average molecular weight is 1070 g/mol. The average Bonchev–Trinajstić information content (AvgIpc) is 4.08. The normalized spacial score (nSPS) is 15.6. The number of hydrogen-bond acceptors (Lipinski definition) is 14. The zero-order chi connectivity index (χ0) is 56.6. The minimum absolute atomic E-state index is 0.0529. The summed E-state index contributed by atoms with van der Waals surface area (Å²) in [7, 11) is 0. The number of likely N-dealkylation sites (tertiary alicyclic amines) is 2. The van der Waals surface area contributed by atoms with Crippen molar-refractivity contribution in [3.8, 4) is 22.5 Å². The highest BCUT2D eigenvalue weighted by Gasteiger charge is 2.35. The number of primary amides is 1. The molecule has 8 rings (SSSR count). The van der Waals surface area contributed by atoms with Crippen molar-refractivity contribution in [2.45, 2.75) is 117 Å². The fraction of sp³-hybridized carbons (Fsp3) is 0.393. The summed E-state index contributed by atoms with van der Waals surface area (Å²) >= 11 is 0. The van der Waals surface area contributed by atoms with Crippen LogP contribution in [-0.2, 0) is 22.3 Å². The Morgan fingerprint density at radius 1 is 0.615 bits per heavy atom. The number of piperidine rings is 2. The van der Waals surface area contributed by atoms with E-state index in [-0.39, 0.29) is 40.7 Å². The molecule has 0 unspecified atom stereocenters. The summed E-state index contributed by atoms with van der Waals surface area (Å²) in [6.45, 7) is 16.7. The van der Waals surface area contributed by atoms with Crippen LogP contribution in [0.1, 0.15) is 157 Å². The van der Waals surface area contributed by atoms with Crippen molar-refractivity contribution < 1.29 is 43.3 Å². The fourth-order valence-corrected chi connectivity index (χ4v) is 9.14. The molecule has 0 bridgehead atoms. The molecule has 5 amide bonds. The lowest BCUT2D eigenvalue weighted by Gasteiger charge is -2.33. The number of nitrogens with zero attached hydrogens (tertiary/aromatic N) is 8. The molecule has 2 saturated heterocycles. The van der Waals surface area contributed by atoms with E-state index < -0.39 is 35.3 Å². The van der Waals surface area contributed by atoms with E-state index in [9.17, 15) is 33.9 Å². The van der Waals surface area contributed by atoms with E-state index >= 15 is 0 Å². The van der Waals surface area contributed by atoms with Crippen molar-refractivity contribution in [2.24, 2.45) is 5.73 Å². The first-order valence-electron chi connectivity index (χ1n) is 25.9. The van der Waals surface area contributed by atoms with Gasteiger partial charge in [-0.15, -0.1) is 0 Å². The van der Waals surface area contributed by atoms with E-state index in [4.69, 9.17) is 31.9 Å². The molecule has 0 saturated carbocycles. The number of carbonyl (C=O) groups excluding carboxylic acids is 5. The maximum absolute atomic E-state index is 12.8. The summed E-state index contributed by atoms with van der Waals surface area (Å²) in [5, 5.41) is 15.5. The SMILES string of the molecule is CCc1ccnc(NC(=O)c2ccc(-c3nc([C@@H]4CCCN(C(=O)OC(C)(C)C)C4)n(N)c3C(=O)O)cc2)c1.CCc1ccnc(NC(=O)c2ccc(-c3nc([C@@H]4CCCN(C(=O)OC(C)(C)C)C4)n(N)c3C(N)=O)cc2)c1. The van der Waals surface area contributed by atoms with Crippen LogP contribution in [0, 0.1) is 0 Å². The minimum Gasteiger partial charge on any atom is -0.476 e. The Morgan fingerprint density at radius 2 is 1.00 bits per heavy atom. The topological polar surface area (TPSA) is 311 Å². The van der Waals surface area contributed by atoms with E-state index in [1.807, 2.05) is 58.9 Å². The third kappa shape index (κ3) is 14.0. The second-order valence-electron chi connectivity index (χ2n) is 21.1. The van der Waals surface area contributed by atoms with Crippen LogP contribution in [0.3, 0.4) is 0 Å². The molecular formula is C56H69N13O9. The highest BCUT2D eigenvalue weighted by Crippen LogP contribution is 2.34. The number of aromatic carboxylic acids is 1. The number of hydrogen-bond donors (Lipinski definition) is 6. The molecule has 2 atom stereocenters. The van der Waals surface area contributed by atoms with E-state index in [1.165, 1.54) is 4.68 Å². The predicted octanol–water partition coefficient (Wildman–Crippen LogP) is 7.97. The molecule has 0 aliphatic carbocycles. The molecule has 4 aromatic heterocycles. The van der Waals surface area contributed by atoms with Crippen LogP contribution in [0.5, 0.6) is 0 Å². The molecule has 2 aromatic carbocycles. The van der Waals surface area contributed by atoms with Gasteiger partial charge in [0.2, 0.25) is 0 Å². The molecule has 2 aliphatic heterocycles. The summed E-state index contributed by atoms with van der Waals surface area (Å²) < 4.78 is 13.3. The van der Waals surface area contributed by atoms with Crippen molar-refractivity contribution in [3.05, 3.63) is 130 Å². The van der Waals surface area contributed by atoms with Gasteiger partial charge in [0.25, 0.3) is 17.7 Å². The van der Waals surface area contributed by atoms with E-state index in [0.717, 1.165) is 41.5 Å². The number of nitrogens with one attached hydrogen (secondary N) is 2. The quantitative estimate of drug-likeness (QED) is 0.0633. The highest BCUT2D eigenvalue weighted by atomic mass is 16.6. The number of carboxylic acid groups (broad SMARTS) is 1. The van der Waals surface area contributed by atoms with Crippen LogP contribution in [0.25, 0.3) is 22.5 Å². The molecule has 78 heavy (non-hydrogen) atoms. The van der Waals surface area contributed by atoms with Crippen molar-refractivity contribution in [2.75, 3.05) is 48.5 Å². The second-order valence-corrected chi connectivity index (χ2v) is 21.1. The number of carboxylic acids is 1. The van der Waals surface area contributed by atoms with Crippen LogP contribution < -0.4 is 28.1 Å². The number of carbonyl (C=O) groups is 6. The van der Waals surface area contributed by atoms with Gasteiger partial charge in [0.15, 0.2) is 11.4 Å². The van der Waals surface area contributed by atoms with Gasteiger partial charge in [0, 0.05) is 72.7 Å². The number of rotatable bonds is 12. The van der Waals surface area contributed by atoms with Crippen molar-refractivity contribution >= 4 is 47.5 Å². The Kier molecular flexibility index (Phi) is 17.5. The summed E-state index contributed by atoms with van der Waals surface area (Å²) in [5.74, 6) is 11.3. The number of anilines is 2. The van der Waals surface area contributed by atoms with Gasteiger partial charge in [-0.05, 0) is 140 Å². The number of nitrogen functional groups attached to an aromatic ring is 2. The van der Waals surface area contributed by atoms with E-state index in [2.05, 4.69) is 25.6 Å². The molecule has 9 N–H and O–H groups in total. The van der Waals surface area contributed by atoms with Crippen LogP contribution in [0.2, 0.25) is 0 Å². The maximum Gasteiger partial charge on any atom is 0.410 e. The number of pyridine rings is 2. The van der Waals surface area contributed by atoms with Crippen molar-refractivity contribution in [1.29, 1.82) is 0 Å². The number of ether oxygens (including phenoxy) is 2. The Hall–Kier alpha value is -8.82. The summed E-state index contributed by atoms with van der Waals surface area (Å²) in [6, 6.07) is 20.6. The van der Waals surface area contributed by atoms with E-state index in [1.54, 1.807) is 91.5 Å². The third-order valence-corrected chi connectivity index (χ3v) is 13.0. The van der Waals surface area contributed by atoms with Gasteiger partial charge in [-0.2, -0.15) is 0 Å². The standard InChI is InChI=1S/C28H35N7O4.C28H34N6O5/c1-5-17-12-13-31-21(15-17)32-26(37)19-10-8-18(9-11-19)22-23(24(29)36)35(30)25(33-22)20-7-6-14-34(16-20)27(38)39-28(2,3)4;1-5-17-12-13-30-21(15-17)31-25(35)19-10-8-18(9-11-19)22-23(26(36)37)34(29)24(32-22)20-7-6-14-33(16-20)27(38)39-28(2,3)4/h8-13,15,20H,5-7,14,16,30H2,1-4H3,(H2,29,36)(H,31,32,37);8-13,15,20H,5-7,14,16,29H2,1-4H3,(H,36,37)(H,30,31,35)/t2*20-/m11/s1. The van der Waals surface area contributed by atoms with Crippen molar-refractivity contribution in [1.82, 2.24) is 39.1 Å². The monoisotopic (exact) mass is 1070 g/mol. The van der Waals surface area contributed by atoms with Crippen LogP contribution >= 0.6 is 0 Å². The largest absolute Gasteiger partial charge is 0.476 e. The fourth-order valence-electron chi connectivity index (χ4n) is 9.14. The Balaban J connectivity index is 0.000000226. The van der Waals surface area contributed by atoms with Crippen LogP contribution in [0.15, 0.2) is 85.2 Å². The van der Waals surface area contributed by atoms with Gasteiger partial charge in [-0.3, -0.25) is 14.4 Å². The number of imidazole rings is 2. The number of nitrogens with two attached hydrogens (primary N) is 3. The second kappa shape index (κ2) is 24.0. The zero-order valence-electron chi connectivity index (χ0n) is 45.3. The van der Waals surface area contributed by atoms with Crippen LogP contribution in [0.4, 0.5) is 21.2 Å². The van der Waals surface area contributed by atoms with Crippen molar-refractivity contribution in [3.63, 3.8) is 0 Å². The van der Waals surface area contributed by atoms with Gasteiger partial charge >= 0.3 is 18.2 Å². The lowest BCUT2D eigenvalue weighted by atomic mass is 9.97. The maximum atomic E-state index is 12.8. The summed E-state index contributed by atoms with van der Waals surface area (Å²) in [5.41, 5.74) is 8.85. The molecule has 0 spiro atoms. The number of aryl methyl sites for hydroxylation is 2. The lowest BCUT2D eigenvalue weighted by molar-refractivity contribution is 0.0185. The predicted molar refractivity (Wildman–Crippen MR) is 294 cm³/mol. The van der Waals surface area contributed by atoms with Gasteiger partial charge in [-0.1, -0.05) is 38.1 Å². The Bertz CT molecular complexity index is 2960. The molecule has 22 heteroatoms. The minimum atomic E-state index is -1.23. The zero-order valence-corrected chi connectivity index (χ0v) is 45.3. The van der Waals surface area contributed by atoms with Gasteiger partial charge in [-0.25, -0.2) is 43.7 Å². The first-order chi connectivity index (χ1) is 36.9. The molecule has 412 valence electrons. The van der Waals surface area contributed by atoms with Gasteiger partial charge in [0.1, 0.15) is 45.9 Å². The smallest absolute Gasteiger partial charge is 0.410 e. The number of benzene rings is 2. The Morgan fingerprint density at radius 3 is 1.36 bits per heavy atom. The molecular weight excluding hydrogens is 999 g/mol. The molecule has 2 aliphatic rings. The molecule has 0 radical (unpaired) electrons. The molecule has 6 aromatic rings. The third-order valence-electron chi connectivity index (χ3n) is 13.0. The number of aromatic nitrogens is 6. The first kappa shape index (κ1) is 56.9. The number of amides is 5. The van der Waals surface area contributed by atoms with Gasteiger partial charge in [0.05, 0.1) is 0 Å². The van der Waals surface area contributed by atoms with Crippen LogP contribution in [-0.4, -0.2) is 117 Å². The Labute approximate surface area is 452 Å². The molecule has 6 heterocycles. The summed E-state index contributed by atoms with van der Waals surface area (Å²) in [6.07, 6.45) is 6.99. The first-order valence-corrected chi connectivity index (χ1v) is 25.9. The van der Waals surface area contributed by atoms with Gasteiger partial charge < -0.3 is 52.4 Å². The highest BCUT2D eigenvalue weighted by molar-refractivity contribution is 6.05. The van der Waals surface area contributed by atoms with E-state index in [0.29, 0.717) is 90.3 Å². The molecule has 22 nitrogen and oxygen atoms in total. The molecule has 2 fully saturated rings. The summed E-state index contributed by atoms with van der Waals surface area (Å²) in [4.78, 5) is 96.3. The lowest BCUT2D eigenvalue weighted by Crippen LogP contribution is -2.43.